The van der Waals surface area contributed by atoms with Crippen LogP contribution in [-0.2, 0) is 12.8 Å². The van der Waals surface area contributed by atoms with Crippen LogP contribution in [-0.4, -0.2) is 22.4 Å². The number of carbonyl (C=O) groups is 1. The van der Waals surface area contributed by atoms with Crippen LogP contribution in [0.1, 0.15) is 45.6 Å². The van der Waals surface area contributed by atoms with Crippen molar-refractivity contribution in [3.05, 3.63) is 51.5 Å². The quantitative estimate of drug-likeness (QED) is 0.914. The van der Waals surface area contributed by atoms with Gasteiger partial charge in [-0.2, -0.15) is 5.10 Å². The summed E-state index contributed by atoms with van der Waals surface area (Å²) in [6.45, 7) is 2.27. The summed E-state index contributed by atoms with van der Waals surface area (Å²) in [4.78, 5) is 18.9. The fourth-order valence-corrected chi connectivity index (χ4v) is 4.21. The van der Waals surface area contributed by atoms with E-state index >= 15 is 0 Å². The second kappa shape index (κ2) is 6.28. The van der Waals surface area contributed by atoms with E-state index in [4.69, 9.17) is 0 Å². The average Bonchev–Trinajstić information content (AvgIpc) is 3.22. The Morgan fingerprint density at radius 3 is 3.08 bits per heavy atom. The molecule has 1 aliphatic carbocycles. The Hall–Kier alpha value is -2.34. The molecule has 1 atom stereocenters. The van der Waals surface area contributed by atoms with Crippen LogP contribution >= 0.6 is 11.3 Å². The predicted molar refractivity (Wildman–Crippen MR) is 95.8 cm³/mol. The minimum Gasteiger partial charge on any atom is -0.308 e. The lowest BCUT2D eigenvalue weighted by Crippen LogP contribution is -2.30. The van der Waals surface area contributed by atoms with Gasteiger partial charge in [0.25, 0.3) is 5.91 Å². The number of nitrogens with zero attached hydrogens (tertiary/aromatic N) is 3. The number of amidine groups is 1. The number of fused-ring (bicyclic) bond motifs is 1. The third-order valence-electron chi connectivity index (χ3n) is 4.40. The molecule has 2 aromatic rings. The molecule has 0 bridgehead atoms. The molecule has 2 aliphatic rings. The lowest BCUT2D eigenvalue weighted by atomic mass is 9.90. The molecule has 2 aromatic heterocycles. The molecule has 0 fully saturated rings. The van der Waals surface area contributed by atoms with E-state index in [-0.39, 0.29) is 5.91 Å². The number of hydrogen-bond donors (Lipinski definition) is 1. The van der Waals surface area contributed by atoms with Gasteiger partial charge < -0.3 is 5.32 Å². The molecule has 0 saturated heterocycles. The van der Waals surface area contributed by atoms with Crippen LogP contribution in [0.2, 0.25) is 0 Å². The normalized spacial score (nSPS) is 19.5. The molecule has 0 aromatic carbocycles. The molecule has 5 nitrogen and oxygen atoms in total. The maximum absolute atomic E-state index is 12.5. The van der Waals surface area contributed by atoms with Gasteiger partial charge in [0.1, 0.15) is 5.84 Å². The zero-order valence-electron chi connectivity index (χ0n) is 13.5. The first-order chi connectivity index (χ1) is 11.7. The van der Waals surface area contributed by atoms with Gasteiger partial charge in [0.2, 0.25) is 0 Å². The molecule has 24 heavy (non-hydrogen) atoms. The van der Waals surface area contributed by atoms with Crippen LogP contribution in [0.3, 0.4) is 0 Å². The van der Waals surface area contributed by atoms with Gasteiger partial charge in [-0.1, -0.05) is 13.0 Å². The Kier molecular flexibility index (Phi) is 3.98. The Morgan fingerprint density at radius 1 is 1.33 bits per heavy atom. The highest BCUT2D eigenvalue weighted by molar-refractivity contribution is 7.14. The largest absolute Gasteiger partial charge is 0.308 e. The van der Waals surface area contributed by atoms with E-state index in [1.54, 1.807) is 17.5 Å². The van der Waals surface area contributed by atoms with E-state index in [1.165, 1.54) is 16.9 Å². The zero-order chi connectivity index (χ0) is 16.5. The van der Waals surface area contributed by atoms with Gasteiger partial charge in [0.15, 0.2) is 0 Å². The Labute approximate surface area is 144 Å². The first kappa shape index (κ1) is 15.2. The van der Waals surface area contributed by atoms with Crippen molar-refractivity contribution in [2.24, 2.45) is 16.1 Å². The van der Waals surface area contributed by atoms with E-state index in [0.717, 1.165) is 29.1 Å². The summed E-state index contributed by atoms with van der Waals surface area (Å²) in [7, 11) is 0. The molecule has 1 amide bonds. The summed E-state index contributed by atoms with van der Waals surface area (Å²) in [5.74, 6) is 1.20. The number of amides is 1. The number of aromatic nitrogens is 1. The van der Waals surface area contributed by atoms with Crippen molar-refractivity contribution < 1.29 is 4.79 Å². The molecule has 0 saturated carbocycles. The van der Waals surface area contributed by atoms with Crippen LogP contribution in [0, 0.1) is 5.92 Å². The van der Waals surface area contributed by atoms with Gasteiger partial charge in [0, 0.05) is 11.1 Å². The van der Waals surface area contributed by atoms with Gasteiger partial charge in [0.05, 0.1) is 22.7 Å². The maximum Gasteiger partial charge on any atom is 0.266 e. The average molecular weight is 338 g/mol. The number of nitrogens with one attached hydrogen (secondary N) is 1. The first-order valence-corrected chi connectivity index (χ1v) is 8.98. The summed E-state index contributed by atoms with van der Waals surface area (Å²) >= 11 is 1.61. The highest BCUT2D eigenvalue weighted by atomic mass is 32.1. The number of rotatable bonds is 2. The van der Waals surface area contributed by atoms with Crippen molar-refractivity contribution in [1.29, 1.82) is 0 Å². The van der Waals surface area contributed by atoms with Crippen LogP contribution in [0.15, 0.2) is 40.7 Å². The number of pyridine rings is 1. The Morgan fingerprint density at radius 2 is 2.25 bits per heavy atom. The molecule has 3 heterocycles. The van der Waals surface area contributed by atoms with Gasteiger partial charge in [-0.05, 0) is 48.9 Å². The maximum atomic E-state index is 12.5. The molecule has 122 valence electrons. The summed E-state index contributed by atoms with van der Waals surface area (Å²) in [5, 5.41) is 11.1. The molecular weight excluding hydrogens is 320 g/mol. The van der Waals surface area contributed by atoms with Gasteiger partial charge >= 0.3 is 0 Å². The molecule has 6 heteroatoms. The Bertz CT molecular complexity index is 838. The van der Waals surface area contributed by atoms with Gasteiger partial charge in [-0.15, -0.1) is 16.4 Å². The molecule has 0 radical (unpaired) electrons. The monoisotopic (exact) mass is 338 g/mol. The van der Waals surface area contributed by atoms with Crippen molar-refractivity contribution in [2.45, 2.75) is 32.6 Å². The first-order valence-electron chi connectivity index (χ1n) is 8.17. The minimum absolute atomic E-state index is 0.0849. The van der Waals surface area contributed by atoms with E-state index < -0.39 is 0 Å². The highest BCUT2D eigenvalue weighted by Crippen LogP contribution is 2.32. The zero-order valence-corrected chi connectivity index (χ0v) is 14.3. The van der Waals surface area contributed by atoms with Crippen molar-refractivity contribution >= 4 is 28.8 Å². The number of thiophene rings is 1. The van der Waals surface area contributed by atoms with Crippen molar-refractivity contribution in [3.63, 3.8) is 0 Å². The van der Waals surface area contributed by atoms with Crippen LogP contribution < -0.4 is 5.32 Å². The molecule has 1 unspecified atom stereocenters. The lowest BCUT2D eigenvalue weighted by molar-refractivity contribution is 0.0980. The summed E-state index contributed by atoms with van der Waals surface area (Å²) in [5.41, 5.74) is 2.92. The molecule has 1 aliphatic heterocycles. The van der Waals surface area contributed by atoms with Gasteiger partial charge in [-0.3, -0.25) is 9.78 Å². The summed E-state index contributed by atoms with van der Waals surface area (Å²) in [6, 6.07) is 7.72. The second-order valence-corrected chi connectivity index (χ2v) is 7.48. The van der Waals surface area contributed by atoms with E-state index in [1.807, 2.05) is 24.3 Å². The standard InChI is InChI=1S/C18H18N4OS/c1-11-5-6-15-12(8-11)9-16(24-15)18(23)20-17-10-14(21-22-17)13-4-2-3-7-19-13/h2-4,7,9,11H,5-6,8,10H2,1H3,(H,20,22,23). The van der Waals surface area contributed by atoms with E-state index in [9.17, 15) is 4.79 Å². The number of hydrogen-bond acceptors (Lipinski definition) is 5. The fourth-order valence-electron chi connectivity index (χ4n) is 3.10. The third kappa shape index (κ3) is 3.01. The molecule has 4 rings (SSSR count). The van der Waals surface area contributed by atoms with Gasteiger partial charge in [-0.25, -0.2) is 0 Å². The summed E-state index contributed by atoms with van der Waals surface area (Å²) < 4.78 is 0. The number of aryl methyl sites for hydroxylation is 1. The molecule has 1 N–H and O–H groups in total. The van der Waals surface area contributed by atoms with Crippen LogP contribution in [0.4, 0.5) is 0 Å². The highest BCUT2D eigenvalue weighted by Gasteiger charge is 2.23. The molecular formula is C18H18N4OS. The Balaban J connectivity index is 1.41. The number of carbonyl (C=O) groups excluding carboxylic acids is 1. The third-order valence-corrected chi connectivity index (χ3v) is 5.63. The van der Waals surface area contributed by atoms with Crippen LogP contribution in [0.25, 0.3) is 0 Å². The van der Waals surface area contributed by atoms with E-state index in [2.05, 4.69) is 27.4 Å². The SMILES string of the molecule is CC1CCc2sc(C(=O)NC3=NN=C(c4ccccn4)C3)cc2C1. The smallest absolute Gasteiger partial charge is 0.266 e. The molecule has 0 spiro atoms. The second-order valence-electron chi connectivity index (χ2n) is 6.35. The van der Waals surface area contributed by atoms with Crippen LogP contribution in [0.5, 0.6) is 0 Å². The van der Waals surface area contributed by atoms with Crippen molar-refractivity contribution in [2.75, 3.05) is 0 Å². The van der Waals surface area contributed by atoms with E-state index in [0.29, 0.717) is 18.2 Å². The minimum atomic E-state index is -0.0849. The predicted octanol–water partition coefficient (Wildman–Crippen LogP) is 3.20. The van der Waals surface area contributed by atoms with Crippen molar-refractivity contribution in [1.82, 2.24) is 10.3 Å². The topological polar surface area (TPSA) is 66.7 Å². The fraction of sp³-hybridized carbons (Fsp3) is 0.333. The van der Waals surface area contributed by atoms with Crippen molar-refractivity contribution in [3.8, 4) is 0 Å². The summed E-state index contributed by atoms with van der Waals surface area (Å²) in [6.07, 6.45) is 5.61. The lowest BCUT2D eigenvalue weighted by Gasteiger charge is -2.16.